The number of benzene rings is 1. The summed E-state index contributed by atoms with van der Waals surface area (Å²) in [7, 11) is 0. The third-order valence-electron chi connectivity index (χ3n) is 1.31. The third kappa shape index (κ3) is 1.81. The SMILES string of the molecule is [F][Zn]([F])([F])[c]1ccccc1. The fourth-order valence-corrected chi connectivity index (χ4v) is 2.44. The monoisotopic (exact) mass is 198 g/mol. The summed E-state index contributed by atoms with van der Waals surface area (Å²) in [5.74, 6) is 0. The van der Waals surface area contributed by atoms with Gasteiger partial charge in [0.1, 0.15) is 0 Å². The topological polar surface area (TPSA) is 0 Å². The molecule has 0 aromatic heterocycles. The molecule has 52 valence electrons. The molecule has 0 N–H and O–H groups in total. The summed E-state index contributed by atoms with van der Waals surface area (Å²) < 4.78 is 35.6. The minimum atomic E-state index is -6.30. The normalized spacial score (nSPS) is 9.90. The van der Waals surface area contributed by atoms with Gasteiger partial charge in [-0.15, -0.1) is 0 Å². The van der Waals surface area contributed by atoms with E-state index < -0.39 is 16.3 Å². The number of rotatable bonds is 1. The van der Waals surface area contributed by atoms with Crippen molar-refractivity contribution >= 4 is 4.16 Å². The van der Waals surface area contributed by atoms with Crippen LogP contribution in [0.4, 0.5) is 9.95 Å². The van der Waals surface area contributed by atoms with Gasteiger partial charge in [-0.25, -0.2) is 0 Å². The molecule has 4 heteroatoms. The molecule has 0 spiro atoms. The fourth-order valence-electron chi connectivity index (χ4n) is 0.745. The van der Waals surface area contributed by atoms with Crippen LogP contribution >= 0.6 is 0 Å². The molecule has 10 heavy (non-hydrogen) atoms. The second kappa shape index (κ2) is 2.71. The predicted molar refractivity (Wildman–Crippen MR) is 29.4 cm³/mol. The number of halogens is 3. The van der Waals surface area contributed by atoms with Gasteiger partial charge in [0.05, 0.1) is 0 Å². The van der Waals surface area contributed by atoms with E-state index in [9.17, 15) is 9.95 Å². The van der Waals surface area contributed by atoms with E-state index in [1.54, 1.807) is 6.07 Å². The first-order chi connectivity index (χ1) is 4.61. The van der Waals surface area contributed by atoms with Gasteiger partial charge in [0.2, 0.25) is 0 Å². The van der Waals surface area contributed by atoms with Crippen LogP contribution in [-0.4, -0.2) is 0 Å². The molecule has 1 rings (SSSR count). The summed E-state index contributed by atoms with van der Waals surface area (Å²) in [5, 5.41) is 0. The molecule has 0 bridgehead atoms. The van der Waals surface area contributed by atoms with E-state index in [1.165, 1.54) is 12.1 Å². The second-order valence-corrected chi connectivity index (χ2v) is 6.86. The molecule has 0 aliphatic rings. The van der Waals surface area contributed by atoms with Gasteiger partial charge < -0.3 is 0 Å². The van der Waals surface area contributed by atoms with Crippen molar-refractivity contribution in [3.8, 4) is 0 Å². The Bertz CT molecular complexity index is 204. The van der Waals surface area contributed by atoms with Crippen molar-refractivity contribution in [2.45, 2.75) is 0 Å². The summed E-state index contributed by atoms with van der Waals surface area (Å²) in [5.41, 5.74) is 0. The first-order valence-corrected chi connectivity index (χ1v) is 7.91. The molecule has 1 aromatic rings. The van der Waals surface area contributed by atoms with Crippen molar-refractivity contribution in [2.24, 2.45) is 0 Å². The van der Waals surface area contributed by atoms with Crippen molar-refractivity contribution in [1.82, 2.24) is 0 Å². The zero-order valence-electron chi connectivity index (χ0n) is 5.23. The van der Waals surface area contributed by atoms with Crippen molar-refractivity contribution in [2.75, 3.05) is 0 Å². The van der Waals surface area contributed by atoms with E-state index in [4.69, 9.17) is 0 Å². The minimum absolute atomic E-state index is 0.383. The third-order valence-corrected chi connectivity index (χ3v) is 4.24. The Morgan fingerprint density at radius 2 is 1.40 bits per heavy atom. The molecule has 0 aliphatic carbocycles. The van der Waals surface area contributed by atoms with E-state index in [1.807, 2.05) is 0 Å². The molecule has 0 atom stereocenters. The zero-order valence-corrected chi connectivity index (χ0v) is 8.19. The van der Waals surface area contributed by atoms with E-state index >= 15 is 0 Å². The van der Waals surface area contributed by atoms with Crippen LogP contribution in [-0.2, 0) is 16.3 Å². The fraction of sp³-hybridized carbons (Fsp3) is 0. The van der Waals surface area contributed by atoms with Crippen LogP contribution in [0.2, 0.25) is 0 Å². The second-order valence-electron chi connectivity index (χ2n) is 2.19. The molecule has 0 amide bonds. The van der Waals surface area contributed by atoms with Gasteiger partial charge in [0.25, 0.3) is 0 Å². The molecule has 0 heterocycles. The average Bonchev–Trinajstić information content (AvgIpc) is 1.88. The van der Waals surface area contributed by atoms with Gasteiger partial charge in [0.15, 0.2) is 0 Å². The molecule has 0 radical (unpaired) electrons. The van der Waals surface area contributed by atoms with Crippen molar-refractivity contribution in [3.05, 3.63) is 30.3 Å². The summed E-state index contributed by atoms with van der Waals surface area (Å²) in [4.78, 5) is 0. The Balaban J connectivity index is 2.97. The molecule has 0 saturated carbocycles. The average molecular weight is 199 g/mol. The first kappa shape index (κ1) is 7.74. The van der Waals surface area contributed by atoms with Crippen LogP contribution in [0.1, 0.15) is 0 Å². The van der Waals surface area contributed by atoms with E-state index in [0.29, 0.717) is 0 Å². The van der Waals surface area contributed by atoms with Crippen molar-refractivity contribution in [3.63, 3.8) is 0 Å². The molecule has 1 aromatic carbocycles. The van der Waals surface area contributed by atoms with Gasteiger partial charge in [-0.2, -0.15) is 0 Å². The van der Waals surface area contributed by atoms with Gasteiger partial charge in [0, 0.05) is 0 Å². The summed E-state index contributed by atoms with van der Waals surface area (Å²) in [6, 6.07) is 6.70. The summed E-state index contributed by atoms with van der Waals surface area (Å²) in [6.07, 6.45) is 0. The maximum absolute atomic E-state index is 12.0. The Hall–Kier alpha value is -0.367. The van der Waals surface area contributed by atoms with Crippen LogP contribution in [0.25, 0.3) is 0 Å². The Kier molecular flexibility index (Phi) is 2.09. The van der Waals surface area contributed by atoms with Gasteiger partial charge in [-0.1, -0.05) is 0 Å². The zero-order chi connectivity index (χ0) is 7.61. The molecule has 0 saturated heterocycles. The van der Waals surface area contributed by atoms with E-state index in [2.05, 4.69) is 0 Å². The number of hydrogen-bond donors (Lipinski definition) is 0. The summed E-state index contributed by atoms with van der Waals surface area (Å²) in [6.45, 7) is 0. The Morgan fingerprint density at radius 3 is 1.70 bits per heavy atom. The summed E-state index contributed by atoms with van der Waals surface area (Å²) >= 11 is -6.30. The van der Waals surface area contributed by atoms with Crippen LogP contribution in [0.15, 0.2) is 30.3 Å². The van der Waals surface area contributed by atoms with Crippen molar-refractivity contribution in [1.29, 1.82) is 0 Å². The standard InChI is InChI=1S/C6H5.3FH.Zn/c1-2-4-6-5-3-1;;;;/h1-5H;3*1H;/q;;;;+3/p-3. The molecule has 0 nitrogen and oxygen atoms in total. The number of hydrogen-bond acceptors (Lipinski definition) is 0. The van der Waals surface area contributed by atoms with Crippen LogP contribution in [0.3, 0.4) is 0 Å². The van der Waals surface area contributed by atoms with E-state index in [-0.39, 0.29) is 4.16 Å². The molecule has 0 aliphatic heterocycles. The predicted octanol–water partition coefficient (Wildman–Crippen LogP) is 2.12. The molecular weight excluding hydrogens is 194 g/mol. The van der Waals surface area contributed by atoms with E-state index in [0.717, 1.165) is 12.1 Å². The van der Waals surface area contributed by atoms with Gasteiger partial charge in [-0.05, 0) is 0 Å². The molecule has 0 unspecified atom stereocenters. The Morgan fingerprint density at radius 1 is 0.900 bits per heavy atom. The Labute approximate surface area is 61.2 Å². The molecular formula is C6H5F3Zn. The van der Waals surface area contributed by atoms with Crippen LogP contribution < -0.4 is 4.16 Å². The molecule has 0 fully saturated rings. The van der Waals surface area contributed by atoms with Gasteiger partial charge >= 0.3 is 60.7 Å². The maximum atomic E-state index is 12.0. The first-order valence-electron chi connectivity index (χ1n) is 3.07. The van der Waals surface area contributed by atoms with Crippen molar-refractivity contribution < 1.29 is 26.2 Å². The van der Waals surface area contributed by atoms with Crippen LogP contribution in [0.5, 0.6) is 0 Å². The quantitative estimate of drug-likeness (QED) is 0.608. The van der Waals surface area contributed by atoms with Crippen LogP contribution in [0, 0.1) is 0 Å². The van der Waals surface area contributed by atoms with Gasteiger partial charge in [-0.3, -0.25) is 0 Å².